The van der Waals surface area contributed by atoms with E-state index in [0.717, 1.165) is 41.3 Å². The van der Waals surface area contributed by atoms with Crippen molar-refractivity contribution in [3.8, 4) is 11.3 Å². The maximum Gasteiger partial charge on any atom is 0.263 e. The molecule has 0 aliphatic rings. The Morgan fingerprint density at radius 1 is 1.06 bits per heavy atom. The molecule has 2 amide bonds. The fourth-order valence-electron chi connectivity index (χ4n) is 3.69. The van der Waals surface area contributed by atoms with Crippen LogP contribution in [-0.2, 0) is 4.79 Å². The molecule has 0 saturated heterocycles. The molecule has 0 unspecified atom stereocenters. The zero-order valence-electron chi connectivity index (χ0n) is 18.4. The van der Waals surface area contributed by atoms with Crippen molar-refractivity contribution in [2.45, 2.75) is 38.1 Å². The lowest BCUT2D eigenvalue weighted by atomic mass is 10.1. The van der Waals surface area contributed by atoms with Crippen LogP contribution in [0.2, 0.25) is 0 Å². The van der Waals surface area contributed by atoms with Crippen molar-refractivity contribution in [1.29, 1.82) is 0 Å². The topological polar surface area (TPSA) is 113 Å². The van der Waals surface area contributed by atoms with E-state index in [1.165, 1.54) is 11.5 Å². The molecule has 33 heavy (non-hydrogen) atoms. The summed E-state index contributed by atoms with van der Waals surface area (Å²) in [5, 5.41) is 7.91. The largest absolute Gasteiger partial charge is 0.359 e. The van der Waals surface area contributed by atoms with Gasteiger partial charge in [0.25, 0.3) is 5.91 Å². The van der Waals surface area contributed by atoms with Crippen LogP contribution in [0.1, 0.15) is 53.6 Å². The summed E-state index contributed by atoms with van der Waals surface area (Å²) in [6, 6.07) is 9.59. The fraction of sp³-hybridized carbons (Fsp3) is 0.292. The van der Waals surface area contributed by atoms with E-state index in [0.29, 0.717) is 23.5 Å². The summed E-state index contributed by atoms with van der Waals surface area (Å²) < 4.78 is 4.02. The monoisotopic (exact) mass is 462 g/mol. The Hall–Kier alpha value is -3.59. The Bertz CT molecular complexity index is 1220. The zero-order valence-corrected chi connectivity index (χ0v) is 19.2. The van der Waals surface area contributed by atoms with Crippen LogP contribution in [0.4, 0.5) is 0 Å². The van der Waals surface area contributed by atoms with E-state index in [9.17, 15) is 9.59 Å². The van der Waals surface area contributed by atoms with Crippen LogP contribution < -0.4 is 10.6 Å². The number of unbranched alkanes of at least 4 members (excludes halogenated alkanes) is 2. The number of nitrogens with zero attached hydrogens (tertiary/aromatic N) is 3. The maximum absolute atomic E-state index is 12.7. The van der Waals surface area contributed by atoms with Gasteiger partial charge in [0.1, 0.15) is 10.7 Å². The summed E-state index contributed by atoms with van der Waals surface area (Å²) in [4.78, 5) is 36.9. The Balaban J connectivity index is 1.48. The quantitative estimate of drug-likeness (QED) is 0.305. The average Bonchev–Trinajstić information content (AvgIpc) is 3.55. The minimum absolute atomic E-state index is 0.0475. The van der Waals surface area contributed by atoms with E-state index in [2.05, 4.69) is 42.1 Å². The highest BCUT2D eigenvalue weighted by molar-refractivity contribution is 7.08. The molecule has 0 spiro atoms. The van der Waals surface area contributed by atoms with Gasteiger partial charge < -0.3 is 15.6 Å². The first kappa shape index (κ1) is 22.6. The molecule has 0 radical (unpaired) electrons. The van der Waals surface area contributed by atoms with E-state index in [4.69, 9.17) is 0 Å². The Kier molecular flexibility index (Phi) is 7.41. The summed E-state index contributed by atoms with van der Waals surface area (Å²) in [5.41, 5.74) is 1.89. The molecule has 0 bridgehead atoms. The van der Waals surface area contributed by atoms with Gasteiger partial charge in [-0.05, 0) is 48.0 Å². The van der Waals surface area contributed by atoms with Crippen LogP contribution in [0.15, 0.2) is 55.1 Å². The number of aromatic nitrogens is 4. The zero-order chi connectivity index (χ0) is 23.0. The van der Waals surface area contributed by atoms with Crippen molar-refractivity contribution in [3.05, 3.63) is 65.8 Å². The number of H-pyrrole nitrogens is 1. The molecule has 4 rings (SSSR count). The van der Waals surface area contributed by atoms with Gasteiger partial charge in [0, 0.05) is 43.0 Å². The van der Waals surface area contributed by atoms with E-state index >= 15 is 0 Å². The molecule has 1 aromatic carbocycles. The number of pyridine rings is 1. The highest BCUT2D eigenvalue weighted by Crippen LogP contribution is 2.26. The number of rotatable bonds is 10. The number of carbonyl (C=O) groups is 2. The number of imidazole rings is 1. The first-order valence-corrected chi connectivity index (χ1v) is 11.7. The lowest BCUT2D eigenvalue weighted by molar-refractivity contribution is -0.120. The molecule has 3 heterocycles. The first-order chi connectivity index (χ1) is 16.1. The summed E-state index contributed by atoms with van der Waals surface area (Å²) >= 11 is 1.17. The predicted molar refractivity (Wildman–Crippen MR) is 129 cm³/mol. The molecule has 170 valence electrons. The van der Waals surface area contributed by atoms with Crippen LogP contribution in [0.3, 0.4) is 0 Å². The van der Waals surface area contributed by atoms with E-state index in [1.54, 1.807) is 31.7 Å². The van der Waals surface area contributed by atoms with Crippen molar-refractivity contribution in [2.24, 2.45) is 0 Å². The van der Waals surface area contributed by atoms with Crippen molar-refractivity contribution < 1.29 is 9.59 Å². The molecule has 1 atom stereocenters. The highest BCUT2D eigenvalue weighted by Gasteiger charge is 2.20. The lowest BCUT2D eigenvalue weighted by Crippen LogP contribution is -2.28. The van der Waals surface area contributed by atoms with Gasteiger partial charge in [0.15, 0.2) is 0 Å². The van der Waals surface area contributed by atoms with Crippen molar-refractivity contribution in [3.63, 3.8) is 0 Å². The average molecular weight is 463 g/mol. The summed E-state index contributed by atoms with van der Waals surface area (Å²) in [6.45, 7) is 0. The number of amides is 2. The van der Waals surface area contributed by atoms with Gasteiger partial charge in [-0.25, -0.2) is 9.36 Å². The van der Waals surface area contributed by atoms with Gasteiger partial charge in [-0.2, -0.15) is 0 Å². The first-order valence-electron chi connectivity index (χ1n) is 10.9. The molecule has 9 heteroatoms. The van der Waals surface area contributed by atoms with Crippen molar-refractivity contribution >= 4 is 34.1 Å². The molecular formula is C24H26N6O2S. The minimum atomic E-state index is -0.268. The predicted octanol–water partition coefficient (Wildman–Crippen LogP) is 4.25. The van der Waals surface area contributed by atoms with Gasteiger partial charge in [0.05, 0.1) is 17.9 Å². The van der Waals surface area contributed by atoms with Crippen LogP contribution in [0, 0.1) is 0 Å². The highest BCUT2D eigenvalue weighted by atomic mass is 32.1. The van der Waals surface area contributed by atoms with Crippen LogP contribution in [0.25, 0.3) is 22.0 Å². The van der Waals surface area contributed by atoms with Gasteiger partial charge in [-0.1, -0.05) is 25.0 Å². The van der Waals surface area contributed by atoms with Gasteiger partial charge in [-0.15, -0.1) is 0 Å². The second-order valence-corrected chi connectivity index (χ2v) is 8.63. The molecule has 4 aromatic rings. The number of aromatic amines is 1. The normalized spacial score (nSPS) is 11.9. The third kappa shape index (κ3) is 5.81. The number of benzene rings is 1. The Morgan fingerprint density at radius 2 is 1.97 bits per heavy atom. The molecule has 0 aliphatic heterocycles. The molecule has 0 aliphatic carbocycles. The number of fused-ring (bicyclic) bond motifs is 1. The van der Waals surface area contributed by atoms with Crippen molar-refractivity contribution in [1.82, 2.24) is 30.0 Å². The minimum Gasteiger partial charge on any atom is -0.359 e. The molecule has 8 nitrogen and oxygen atoms in total. The Labute approximate surface area is 196 Å². The number of carbonyl (C=O) groups excluding carboxylic acids is 2. The van der Waals surface area contributed by atoms with Gasteiger partial charge >= 0.3 is 0 Å². The van der Waals surface area contributed by atoms with Crippen molar-refractivity contribution in [2.75, 3.05) is 7.05 Å². The number of hydrogen-bond acceptors (Lipinski definition) is 6. The fourth-order valence-corrected chi connectivity index (χ4v) is 4.19. The third-order valence-corrected chi connectivity index (χ3v) is 6.26. The van der Waals surface area contributed by atoms with E-state index in [1.807, 2.05) is 18.3 Å². The molecule has 3 aromatic heterocycles. The van der Waals surface area contributed by atoms with Crippen LogP contribution in [0.5, 0.6) is 0 Å². The molecule has 3 N–H and O–H groups in total. The van der Waals surface area contributed by atoms with E-state index in [-0.39, 0.29) is 17.9 Å². The number of nitrogens with one attached hydrogen (secondary N) is 3. The van der Waals surface area contributed by atoms with Crippen LogP contribution >= 0.6 is 11.5 Å². The lowest BCUT2D eigenvalue weighted by Gasteiger charge is -2.16. The molecule has 0 fully saturated rings. The number of hydrogen-bond donors (Lipinski definition) is 3. The Morgan fingerprint density at radius 3 is 2.79 bits per heavy atom. The second-order valence-electron chi connectivity index (χ2n) is 7.79. The second kappa shape index (κ2) is 10.8. The standard InChI is InChI=1S/C24H26N6O2S/c1-25-22(31)6-4-2-3-5-19(30-24(32)21-10-12-28-33-21)23-27-15-20(29-23)17-8-7-16-9-11-26-14-18(16)13-17/h7-15,19H,2-6H2,1H3,(H,25,31)(H,27,29)(H,30,32)/t19-/m0/s1. The smallest absolute Gasteiger partial charge is 0.263 e. The SMILES string of the molecule is CNC(=O)CCCCC[C@H](NC(=O)c1ccns1)c1ncc(-c2ccc3ccncc3c2)[nH]1. The van der Waals surface area contributed by atoms with Gasteiger partial charge in [-0.3, -0.25) is 14.6 Å². The summed E-state index contributed by atoms with van der Waals surface area (Å²) in [7, 11) is 1.65. The third-order valence-electron chi connectivity index (χ3n) is 5.52. The van der Waals surface area contributed by atoms with E-state index < -0.39 is 0 Å². The van der Waals surface area contributed by atoms with Gasteiger partial charge in [0.2, 0.25) is 5.91 Å². The molecule has 0 saturated carbocycles. The van der Waals surface area contributed by atoms with Crippen LogP contribution in [-0.4, -0.2) is 38.2 Å². The molecular weight excluding hydrogens is 436 g/mol. The maximum atomic E-state index is 12.7. The summed E-state index contributed by atoms with van der Waals surface area (Å²) in [6.07, 6.45) is 10.8. The summed E-state index contributed by atoms with van der Waals surface area (Å²) in [5.74, 6) is 0.592.